The molecule has 6 heteroatoms. The van der Waals surface area contributed by atoms with Crippen molar-refractivity contribution in [1.82, 2.24) is 0 Å². The molecule has 0 heterocycles. The van der Waals surface area contributed by atoms with E-state index in [9.17, 15) is 17.3 Å². The maximum absolute atomic E-state index is 13.1. The van der Waals surface area contributed by atoms with Crippen molar-refractivity contribution in [1.29, 1.82) is 0 Å². The van der Waals surface area contributed by atoms with Gasteiger partial charge in [-0.25, -0.2) is 4.39 Å². The zero-order chi connectivity index (χ0) is 14.8. The van der Waals surface area contributed by atoms with E-state index >= 15 is 0 Å². The molecule has 20 heavy (non-hydrogen) atoms. The molecule has 2 aromatic rings. The molecule has 106 valence electrons. The number of benzene rings is 2. The summed E-state index contributed by atoms with van der Waals surface area (Å²) in [5.74, 6) is -0.285. The molecule has 0 saturated heterocycles. The van der Waals surface area contributed by atoms with E-state index in [1.165, 1.54) is 24.3 Å². The summed E-state index contributed by atoms with van der Waals surface area (Å²) in [5, 5.41) is 0. The van der Waals surface area contributed by atoms with Crippen LogP contribution < -0.4 is 10.2 Å². The summed E-state index contributed by atoms with van der Waals surface area (Å²) in [6, 6.07) is 8.93. The Kier molecular flexibility index (Phi) is 4.02. The number of ether oxygens (including phenoxy) is 1. The Morgan fingerprint density at radius 3 is 2.50 bits per heavy atom. The van der Waals surface area contributed by atoms with Crippen molar-refractivity contribution in [2.45, 2.75) is 13.5 Å². The highest BCUT2D eigenvalue weighted by atomic mass is 19.4. The fourth-order valence-corrected chi connectivity index (χ4v) is 1.76. The van der Waals surface area contributed by atoms with E-state index in [0.717, 1.165) is 17.7 Å². The summed E-state index contributed by atoms with van der Waals surface area (Å²) in [6.45, 7) is -3.24. The first-order chi connectivity index (χ1) is 9.36. The van der Waals surface area contributed by atoms with Crippen molar-refractivity contribution in [3.05, 3.63) is 59.4 Å². The normalized spacial score (nSPS) is 11.4. The molecule has 0 fully saturated rings. The molecular weight excluding hydrogens is 271 g/mol. The van der Waals surface area contributed by atoms with Gasteiger partial charge in [-0.2, -0.15) is 0 Å². The molecule has 0 bridgehead atoms. The lowest BCUT2D eigenvalue weighted by Crippen LogP contribution is -2.33. The number of rotatable bonds is 4. The van der Waals surface area contributed by atoms with Crippen molar-refractivity contribution in [3.63, 3.8) is 0 Å². The molecule has 2 rings (SSSR count). The molecule has 2 aromatic carbocycles. The van der Waals surface area contributed by atoms with Crippen LogP contribution in [-0.4, -0.2) is 6.98 Å². The van der Waals surface area contributed by atoms with Gasteiger partial charge in [0.2, 0.25) is 0 Å². The molecule has 0 atom stereocenters. The van der Waals surface area contributed by atoms with Crippen molar-refractivity contribution in [2.24, 2.45) is 0 Å². The van der Waals surface area contributed by atoms with Gasteiger partial charge in [0.05, 0.1) is 0 Å². The molecule has 0 amide bonds. The minimum Gasteiger partial charge on any atom is -0.489 e. The second-order valence-electron chi connectivity index (χ2n) is 4.51. The standard InChI is InChI=1S/C14H12BF4O/c1-10-5-6-13(16)7-11(10)9-20-14-4-2-3-12(8-14)15(17,18)19/h2-8H,9H2,1H3/q-1. The largest absolute Gasteiger partial charge is 0.509 e. The van der Waals surface area contributed by atoms with Crippen LogP contribution in [0.1, 0.15) is 11.1 Å². The van der Waals surface area contributed by atoms with Gasteiger partial charge < -0.3 is 17.7 Å². The van der Waals surface area contributed by atoms with Gasteiger partial charge in [0.25, 0.3) is 0 Å². The monoisotopic (exact) mass is 283 g/mol. The molecular formula is C14H12BF4O-. The van der Waals surface area contributed by atoms with Crippen LogP contribution in [0.3, 0.4) is 0 Å². The summed E-state index contributed by atoms with van der Waals surface area (Å²) in [4.78, 5) is 0. The summed E-state index contributed by atoms with van der Waals surface area (Å²) < 4.78 is 56.2. The molecule has 0 unspecified atom stereocenters. The van der Waals surface area contributed by atoms with Gasteiger partial charge in [-0.1, -0.05) is 18.2 Å². The summed E-state index contributed by atoms with van der Waals surface area (Å²) in [5.41, 5.74) is 0.717. The Balaban J connectivity index is 2.13. The molecule has 0 saturated carbocycles. The molecule has 0 spiro atoms. The van der Waals surface area contributed by atoms with E-state index in [2.05, 4.69) is 0 Å². The van der Waals surface area contributed by atoms with E-state index < -0.39 is 18.3 Å². The van der Waals surface area contributed by atoms with Gasteiger partial charge in [-0.15, -0.1) is 5.46 Å². The second kappa shape index (κ2) is 5.57. The summed E-state index contributed by atoms with van der Waals surface area (Å²) in [7, 11) is 0. The molecule has 0 radical (unpaired) electrons. The van der Waals surface area contributed by atoms with E-state index in [-0.39, 0.29) is 12.4 Å². The van der Waals surface area contributed by atoms with Crippen molar-refractivity contribution < 1.29 is 22.1 Å². The highest BCUT2D eigenvalue weighted by molar-refractivity contribution is 6.73. The predicted molar refractivity (Wildman–Crippen MR) is 70.6 cm³/mol. The Morgan fingerprint density at radius 2 is 1.80 bits per heavy atom. The third-order valence-corrected chi connectivity index (χ3v) is 2.94. The summed E-state index contributed by atoms with van der Waals surface area (Å²) in [6.07, 6.45) is 0. The smallest absolute Gasteiger partial charge is 0.489 e. The third kappa shape index (κ3) is 3.53. The highest BCUT2D eigenvalue weighted by Gasteiger charge is 2.25. The lowest BCUT2D eigenvalue weighted by molar-refractivity contribution is 0.305. The Bertz CT molecular complexity index is 610. The fourth-order valence-electron chi connectivity index (χ4n) is 1.76. The van der Waals surface area contributed by atoms with E-state index in [1.54, 1.807) is 13.0 Å². The van der Waals surface area contributed by atoms with Crippen LogP contribution in [0.5, 0.6) is 5.75 Å². The first-order valence-electron chi connectivity index (χ1n) is 6.04. The van der Waals surface area contributed by atoms with Crippen LogP contribution >= 0.6 is 0 Å². The average molecular weight is 283 g/mol. The molecule has 0 aliphatic rings. The zero-order valence-corrected chi connectivity index (χ0v) is 10.7. The van der Waals surface area contributed by atoms with Gasteiger partial charge in [0.1, 0.15) is 18.2 Å². The van der Waals surface area contributed by atoms with E-state index in [4.69, 9.17) is 4.74 Å². The second-order valence-corrected chi connectivity index (χ2v) is 4.51. The highest BCUT2D eigenvalue weighted by Crippen LogP contribution is 2.17. The van der Waals surface area contributed by atoms with Crippen LogP contribution in [0.2, 0.25) is 0 Å². The molecule has 0 aromatic heterocycles. The van der Waals surface area contributed by atoms with Crippen LogP contribution in [0.4, 0.5) is 17.3 Å². The minimum atomic E-state index is -5.05. The molecule has 0 aliphatic heterocycles. The maximum atomic E-state index is 13.1. The Hall–Kier alpha value is -1.98. The van der Waals surface area contributed by atoms with E-state index in [1.807, 2.05) is 0 Å². The van der Waals surface area contributed by atoms with Crippen LogP contribution in [0.15, 0.2) is 42.5 Å². The fraction of sp³-hybridized carbons (Fsp3) is 0.143. The summed E-state index contributed by atoms with van der Waals surface area (Å²) >= 11 is 0. The first kappa shape index (κ1) is 14.4. The van der Waals surface area contributed by atoms with Crippen LogP contribution in [-0.2, 0) is 6.61 Å². The van der Waals surface area contributed by atoms with Crippen molar-refractivity contribution in [3.8, 4) is 5.75 Å². The molecule has 1 nitrogen and oxygen atoms in total. The number of hydrogen-bond donors (Lipinski definition) is 0. The van der Waals surface area contributed by atoms with E-state index in [0.29, 0.717) is 5.56 Å². The predicted octanol–water partition coefficient (Wildman–Crippen LogP) is 3.77. The Labute approximate surface area is 114 Å². The number of halogens is 4. The van der Waals surface area contributed by atoms with Crippen molar-refractivity contribution >= 4 is 12.4 Å². The van der Waals surface area contributed by atoms with Gasteiger partial charge in [-0.3, -0.25) is 0 Å². The lowest BCUT2D eigenvalue weighted by atomic mass is 9.80. The third-order valence-electron chi connectivity index (χ3n) is 2.94. The van der Waals surface area contributed by atoms with Crippen LogP contribution in [0.25, 0.3) is 0 Å². The molecule has 0 aliphatic carbocycles. The molecule has 0 N–H and O–H groups in total. The maximum Gasteiger partial charge on any atom is 0.509 e. The van der Waals surface area contributed by atoms with Gasteiger partial charge in [0.15, 0.2) is 0 Å². The first-order valence-corrected chi connectivity index (χ1v) is 6.04. The zero-order valence-electron chi connectivity index (χ0n) is 10.7. The SMILES string of the molecule is Cc1ccc(F)cc1COc1cccc([B-](F)(F)F)c1. The quantitative estimate of drug-likeness (QED) is 0.613. The Morgan fingerprint density at radius 1 is 1.05 bits per heavy atom. The minimum absolute atomic E-state index is 0.0257. The van der Waals surface area contributed by atoms with Crippen LogP contribution in [0, 0.1) is 12.7 Å². The number of aryl methyl sites for hydroxylation is 1. The van der Waals surface area contributed by atoms with Gasteiger partial charge in [-0.05, 0) is 42.3 Å². The topological polar surface area (TPSA) is 9.23 Å². The van der Waals surface area contributed by atoms with Gasteiger partial charge in [0, 0.05) is 0 Å². The number of hydrogen-bond acceptors (Lipinski definition) is 1. The van der Waals surface area contributed by atoms with Gasteiger partial charge >= 0.3 is 6.98 Å². The average Bonchev–Trinajstić information content (AvgIpc) is 2.39. The van der Waals surface area contributed by atoms with Crippen molar-refractivity contribution in [2.75, 3.05) is 0 Å². The lowest BCUT2D eigenvalue weighted by Gasteiger charge is -2.16.